The molecule has 2 N–H and O–H groups in total. The van der Waals surface area contributed by atoms with E-state index < -0.39 is 9.84 Å². The van der Waals surface area contributed by atoms with Gasteiger partial charge in [0, 0.05) is 13.1 Å². The van der Waals surface area contributed by atoms with E-state index in [1.165, 1.54) is 0 Å². The van der Waals surface area contributed by atoms with Crippen LogP contribution in [-0.4, -0.2) is 45.5 Å². The summed E-state index contributed by atoms with van der Waals surface area (Å²) in [4.78, 5) is 10.9. The Bertz CT molecular complexity index is 286. The Morgan fingerprint density at radius 2 is 1.93 bits per heavy atom. The topological polar surface area (TPSA) is 75.3 Å². The Labute approximate surface area is 84.2 Å². The zero-order chi connectivity index (χ0) is 10.6. The first-order valence-corrected chi connectivity index (χ1v) is 6.50. The molecule has 0 spiro atoms. The van der Waals surface area contributed by atoms with Gasteiger partial charge in [0.25, 0.3) is 0 Å². The summed E-state index contributed by atoms with van der Waals surface area (Å²) < 4.78 is 22.2. The van der Waals surface area contributed by atoms with Gasteiger partial charge in [-0.05, 0) is 12.8 Å². The van der Waals surface area contributed by atoms with Gasteiger partial charge < -0.3 is 10.6 Å². The largest absolute Gasteiger partial charge is 0.358 e. The number of carbonyl (C=O) groups is 1. The van der Waals surface area contributed by atoms with Gasteiger partial charge in [-0.1, -0.05) is 0 Å². The lowest BCUT2D eigenvalue weighted by atomic mass is 10.1. The molecular formula is C8H16N2O3S. The third-order valence-corrected chi connectivity index (χ3v) is 4.10. The van der Waals surface area contributed by atoms with E-state index in [0.717, 1.165) is 0 Å². The first-order valence-electron chi connectivity index (χ1n) is 4.68. The highest BCUT2D eigenvalue weighted by Gasteiger charge is 2.23. The third kappa shape index (κ3) is 3.63. The van der Waals surface area contributed by atoms with Crippen LogP contribution in [0.1, 0.15) is 12.8 Å². The zero-order valence-corrected chi connectivity index (χ0v) is 9.06. The monoisotopic (exact) mass is 220 g/mol. The van der Waals surface area contributed by atoms with Crippen LogP contribution in [0, 0.1) is 0 Å². The van der Waals surface area contributed by atoms with Gasteiger partial charge in [0.1, 0.15) is 9.84 Å². The highest BCUT2D eigenvalue weighted by atomic mass is 32.2. The van der Waals surface area contributed by atoms with Crippen molar-refractivity contribution < 1.29 is 13.2 Å². The van der Waals surface area contributed by atoms with Crippen molar-refractivity contribution in [1.82, 2.24) is 10.6 Å². The van der Waals surface area contributed by atoms with E-state index in [4.69, 9.17) is 0 Å². The van der Waals surface area contributed by atoms with Crippen molar-refractivity contribution in [3.63, 3.8) is 0 Å². The number of sulfone groups is 1. The summed E-state index contributed by atoms with van der Waals surface area (Å²) in [6.07, 6.45) is 1.22. The number of hydrogen-bond donors (Lipinski definition) is 2. The maximum Gasteiger partial charge on any atom is 0.233 e. The number of nitrogens with one attached hydrogen (secondary N) is 2. The Morgan fingerprint density at radius 3 is 2.43 bits per heavy atom. The fraction of sp³-hybridized carbons (Fsp3) is 0.875. The van der Waals surface area contributed by atoms with Crippen LogP contribution in [0.25, 0.3) is 0 Å². The zero-order valence-electron chi connectivity index (χ0n) is 8.25. The number of carbonyl (C=O) groups excluding carboxylic acids is 1. The molecule has 0 atom stereocenters. The minimum absolute atomic E-state index is 0.0709. The first kappa shape index (κ1) is 11.5. The standard InChI is InChI=1S/C8H16N2O3S/c1-9-8(11)6-10-7-2-4-14(12,13)5-3-7/h7,10H,2-6H2,1H3,(H,9,11). The third-order valence-electron chi connectivity index (χ3n) is 2.38. The second-order valence-electron chi connectivity index (χ2n) is 3.48. The maximum atomic E-state index is 11.1. The van der Waals surface area contributed by atoms with E-state index >= 15 is 0 Å². The molecule has 1 heterocycles. The molecule has 0 bridgehead atoms. The summed E-state index contributed by atoms with van der Waals surface area (Å²) in [5.41, 5.74) is 0. The van der Waals surface area contributed by atoms with Crippen molar-refractivity contribution in [2.24, 2.45) is 0 Å². The fourth-order valence-electron chi connectivity index (χ4n) is 1.42. The van der Waals surface area contributed by atoms with E-state index in [1.807, 2.05) is 0 Å². The minimum Gasteiger partial charge on any atom is -0.358 e. The van der Waals surface area contributed by atoms with E-state index in [9.17, 15) is 13.2 Å². The molecule has 0 radical (unpaired) electrons. The van der Waals surface area contributed by atoms with E-state index in [1.54, 1.807) is 7.05 Å². The molecule has 1 fully saturated rings. The SMILES string of the molecule is CNC(=O)CNC1CCS(=O)(=O)CC1. The Hall–Kier alpha value is -0.620. The van der Waals surface area contributed by atoms with Crippen molar-refractivity contribution in [3.8, 4) is 0 Å². The number of rotatable bonds is 3. The Kier molecular flexibility index (Phi) is 3.88. The molecule has 0 aromatic heterocycles. The van der Waals surface area contributed by atoms with Gasteiger partial charge in [-0.15, -0.1) is 0 Å². The molecule has 14 heavy (non-hydrogen) atoms. The van der Waals surface area contributed by atoms with Crippen molar-refractivity contribution >= 4 is 15.7 Å². The lowest BCUT2D eigenvalue weighted by Crippen LogP contribution is -2.42. The van der Waals surface area contributed by atoms with E-state index in [0.29, 0.717) is 12.8 Å². The summed E-state index contributed by atoms with van der Waals surface area (Å²) in [6, 6.07) is 0.163. The first-order chi connectivity index (χ1) is 6.53. The highest BCUT2D eigenvalue weighted by Crippen LogP contribution is 2.11. The second-order valence-corrected chi connectivity index (χ2v) is 5.78. The molecular weight excluding hydrogens is 204 g/mol. The van der Waals surface area contributed by atoms with Gasteiger partial charge in [0.2, 0.25) is 5.91 Å². The molecule has 1 rings (SSSR count). The van der Waals surface area contributed by atoms with Crippen molar-refractivity contribution in [2.45, 2.75) is 18.9 Å². The van der Waals surface area contributed by atoms with Crippen LogP contribution in [0.2, 0.25) is 0 Å². The van der Waals surface area contributed by atoms with E-state index in [-0.39, 0.29) is 30.0 Å². The van der Waals surface area contributed by atoms with Crippen molar-refractivity contribution in [2.75, 3.05) is 25.1 Å². The Morgan fingerprint density at radius 1 is 1.36 bits per heavy atom. The van der Waals surface area contributed by atoms with Gasteiger partial charge in [-0.2, -0.15) is 0 Å². The van der Waals surface area contributed by atoms with Gasteiger partial charge in [-0.3, -0.25) is 4.79 Å². The van der Waals surface area contributed by atoms with Crippen molar-refractivity contribution in [3.05, 3.63) is 0 Å². The van der Waals surface area contributed by atoms with Crippen LogP contribution < -0.4 is 10.6 Å². The van der Waals surface area contributed by atoms with Gasteiger partial charge >= 0.3 is 0 Å². The molecule has 0 saturated carbocycles. The molecule has 1 saturated heterocycles. The van der Waals surface area contributed by atoms with Crippen LogP contribution in [0.4, 0.5) is 0 Å². The van der Waals surface area contributed by atoms with Crippen LogP contribution >= 0.6 is 0 Å². The summed E-state index contributed by atoms with van der Waals surface area (Å²) in [6.45, 7) is 0.265. The molecule has 0 unspecified atom stereocenters. The normalized spacial score (nSPS) is 21.8. The number of hydrogen-bond acceptors (Lipinski definition) is 4. The quantitative estimate of drug-likeness (QED) is 0.633. The smallest absolute Gasteiger partial charge is 0.233 e. The lowest BCUT2D eigenvalue weighted by Gasteiger charge is -2.22. The van der Waals surface area contributed by atoms with Crippen LogP contribution in [0.3, 0.4) is 0 Å². The molecule has 0 aliphatic carbocycles. The van der Waals surface area contributed by atoms with Crippen LogP contribution in [-0.2, 0) is 14.6 Å². The fourth-order valence-corrected chi connectivity index (χ4v) is 2.91. The molecule has 5 nitrogen and oxygen atoms in total. The molecule has 1 amide bonds. The predicted molar refractivity (Wildman–Crippen MR) is 53.7 cm³/mol. The lowest BCUT2D eigenvalue weighted by molar-refractivity contribution is -0.119. The summed E-state index contributed by atoms with van der Waals surface area (Å²) in [7, 11) is -1.22. The highest BCUT2D eigenvalue weighted by molar-refractivity contribution is 7.91. The minimum atomic E-state index is -2.80. The second kappa shape index (κ2) is 4.75. The van der Waals surface area contributed by atoms with Crippen LogP contribution in [0.5, 0.6) is 0 Å². The summed E-state index contributed by atoms with van der Waals surface area (Å²) in [5, 5.41) is 5.53. The van der Waals surface area contributed by atoms with Gasteiger partial charge in [-0.25, -0.2) is 8.42 Å². The predicted octanol–water partition coefficient (Wildman–Crippen LogP) is -1.10. The molecule has 0 aromatic rings. The number of amides is 1. The molecule has 0 aromatic carbocycles. The average Bonchev–Trinajstić information content (AvgIpc) is 2.16. The average molecular weight is 220 g/mol. The molecule has 1 aliphatic rings. The van der Waals surface area contributed by atoms with Crippen LogP contribution in [0.15, 0.2) is 0 Å². The van der Waals surface area contributed by atoms with Crippen molar-refractivity contribution in [1.29, 1.82) is 0 Å². The van der Waals surface area contributed by atoms with Gasteiger partial charge in [0.05, 0.1) is 18.1 Å². The maximum absolute atomic E-state index is 11.1. The molecule has 82 valence electrons. The van der Waals surface area contributed by atoms with E-state index in [2.05, 4.69) is 10.6 Å². The molecule has 1 aliphatic heterocycles. The number of likely N-dealkylation sites (N-methyl/N-ethyl adjacent to an activating group) is 1. The summed E-state index contributed by atoms with van der Waals surface area (Å²) >= 11 is 0. The van der Waals surface area contributed by atoms with Gasteiger partial charge in [0.15, 0.2) is 0 Å². The summed E-state index contributed by atoms with van der Waals surface area (Å²) in [5.74, 6) is 0.398. The molecule has 6 heteroatoms. The Balaban J connectivity index is 2.26.